The average molecular weight is 266 g/mol. The van der Waals surface area contributed by atoms with Crippen molar-refractivity contribution in [2.75, 3.05) is 7.11 Å². The smallest absolute Gasteiger partial charge is 0.134 e. The number of rotatable bonds is 5. The van der Waals surface area contributed by atoms with Gasteiger partial charge in [0.15, 0.2) is 0 Å². The van der Waals surface area contributed by atoms with E-state index >= 15 is 0 Å². The Morgan fingerprint density at radius 1 is 1.61 bits per heavy atom. The maximum Gasteiger partial charge on any atom is 0.134 e. The van der Waals surface area contributed by atoms with Gasteiger partial charge in [0.25, 0.3) is 0 Å². The van der Waals surface area contributed by atoms with Gasteiger partial charge in [-0.1, -0.05) is 0 Å². The number of aryl methyl sites for hydroxylation is 2. The molecule has 1 atom stereocenters. The lowest BCUT2D eigenvalue weighted by Gasteiger charge is -2.15. The van der Waals surface area contributed by atoms with Gasteiger partial charge >= 0.3 is 0 Å². The number of nitrogens with one attached hydrogen (secondary N) is 1. The van der Waals surface area contributed by atoms with Gasteiger partial charge in [-0.25, -0.2) is 0 Å². The highest BCUT2D eigenvalue weighted by atomic mass is 32.1. The number of ether oxygens (including phenoxy) is 1. The highest BCUT2D eigenvalue weighted by Gasteiger charge is 2.18. The van der Waals surface area contributed by atoms with Gasteiger partial charge in [0, 0.05) is 19.2 Å². The third-order valence-electron chi connectivity index (χ3n) is 2.91. The van der Waals surface area contributed by atoms with Gasteiger partial charge < -0.3 is 4.74 Å². The van der Waals surface area contributed by atoms with Crippen LogP contribution in [0.15, 0.2) is 17.5 Å². The van der Waals surface area contributed by atoms with E-state index in [9.17, 15) is 0 Å². The van der Waals surface area contributed by atoms with E-state index in [0.717, 1.165) is 28.4 Å². The standard InChI is InChI=1S/C12H18N4OS/c1-8-6-9(16(2)15-8)7-10(14-13)12-11(17-3)4-5-18-12/h4-6,10,14H,7,13H2,1-3H3. The van der Waals surface area contributed by atoms with Crippen LogP contribution >= 0.6 is 11.3 Å². The predicted molar refractivity (Wildman–Crippen MR) is 72.6 cm³/mol. The Morgan fingerprint density at radius 2 is 2.39 bits per heavy atom. The Morgan fingerprint density at radius 3 is 2.94 bits per heavy atom. The second-order valence-electron chi connectivity index (χ2n) is 4.18. The van der Waals surface area contributed by atoms with Crippen molar-refractivity contribution in [2.24, 2.45) is 12.9 Å². The lowest BCUT2D eigenvalue weighted by molar-refractivity contribution is 0.402. The van der Waals surface area contributed by atoms with E-state index in [4.69, 9.17) is 10.6 Å². The number of hydrogen-bond acceptors (Lipinski definition) is 5. The summed E-state index contributed by atoms with van der Waals surface area (Å²) >= 11 is 1.64. The summed E-state index contributed by atoms with van der Waals surface area (Å²) in [5.41, 5.74) is 5.01. The molecule has 6 heteroatoms. The third-order valence-corrected chi connectivity index (χ3v) is 3.92. The molecular weight excluding hydrogens is 248 g/mol. The Kier molecular flexibility index (Phi) is 4.00. The summed E-state index contributed by atoms with van der Waals surface area (Å²) in [7, 11) is 3.62. The van der Waals surface area contributed by atoms with E-state index in [2.05, 4.69) is 16.6 Å². The summed E-state index contributed by atoms with van der Waals surface area (Å²) in [6, 6.07) is 4.07. The summed E-state index contributed by atoms with van der Waals surface area (Å²) < 4.78 is 7.22. The van der Waals surface area contributed by atoms with Gasteiger partial charge in [-0.15, -0.1) is 11.3 Å². The molecule has 0 saturated carbocycles. The van der Waals surface area contributed by atoms with Gasteiger partial charge in [-0.3, -0.25) is 16.0 Å². The van der Waals surface area contributed by atoms with E-state index in [1.807, 2.05) is 30.1 Å². The molecule has 0 saturated heterocycles. The fraction of sp³-hybridized carbons (Fsp3) is 0.417. The van der Waals surface area contributed by atoms with Gasteiger partial charge in [0.2, 0.25) is 0 Å². The molecule has 5 nitrogen and oxygen atoms in total. The molecule has 1 unspecified atom stereocenters. The first-order valence-corrected chi connectivity index (χ1v) is 6.60. The van der Waals surface area contributed by atoms with E-state index in [1.165, 1.54) is 0 Å². The molecule has 2 aromatic heterocycles. The molecule has 0 aliphatic rings. The van der Waals surface area contributed by atoms with Crippen molar-refractivity contribution < 1.29 is 4.74 Å². The zero-order chi connectivity index (χ0) is 13.1. The molecule has 0 amide bonds. The second-order valence-corrected chi connectivity index (χ2v) is 5.12. The molecule has 2 aromatic rings. The monoisotopic (exact) mass is 266 g/mol. The SMILES string of the molecule is COc1ccsc1C(Cc1cc(C)nn1C)NN. The molecule has 0 spiro atoms. The van der Waals surface area contributed by atoms with Gasteiger partial charge in [-0.2, -0.15) is 5.10 Å². The highest BCUT2D eigenvalue weighted by Crippen LogP contribution is 2.32. The van der Waals surface area contributed by atoms with Crippen LogP contribution in [0.2, 0.25) is 0 Å². The van der Waals surface area contributed by atoms with Crippen LogP contribution in [0.4, 0.5) is 0 Å². The van der Waals surface area contributed by atoms with Crippen LogP contribution in [-0.4, -0.2) is 16.9 Å². The third kappa shape index (κ3) is 2.55. The quantitative estimate of drug-likeness (QED) is 0.636. The number of nitrogens with two attached hydrogens (primary N) is 1. The first-order valence-electron chi connectivity index (χ1n) is 5.72. The molecule has 3 N–H and O–H groups in total. The number of methoxy groups -OCH3 is 1. The largest absolute Gasteiger partial charge is 0.496 e. The van der Waals surface area contributed by atoms with Gasteiger partial charge in [0.1, 0.15) is 5.75 Å². The topological polar surface area (TPSA) is 65.1 Å². The van der Waals surface area contributed by atoms with Crippen LogP contribution in [-0.2, 0) is 13.5 Å². The Bertz CT molecular complexity index is 520. The summed E-state index contributed by atoms with van der Waals surface area (Å²) in [4.78, 5) is 1.11. The summed E-state index contributed by atoms with van der Waals surface area (Å²) in [5, 5.41) is 6.35. The minimum Gasteiger partial charge on any atom is -0.496 e. The minimum absolute atomic E-state index is 0.0368. The van der Waals surface area contributed by atoms with Crippen molar-refractivity contribution in [1.82, 2.24) is 15.2 Å². The fourth-order valence-corrected chi connectivity index (χ4v) is 2.94. The summed E-state index contributed by atoms with van der Waals surface area (Å²) in [6.45, 7) is 1.99. The lowest BCUT2D eigenvalue weighted by Crippen LogP contribution is -2.29. The summed E-state index contributed by atoms with van der Waals surface area (Å²) in [5.74, 6) is 6.54. The molecular formula is C12H18N4OS. The maximum atomic E-state index is 5.66. The molecule has 18 heavy (non-hydrogen) atoms. The number of aromatic nitrogens is 2. The van der Waals surface area contributed by atoms with Crippen LogP contribution in [0.5, 0.6) is 5.75 Å². The molecule has 0 radical (unpaired) electrons. The van der Waals surface area contributed by atoms with E-state index in [1.54, 1.807) is 18.4 Å². The molecule has 2 rings (SSSR count). The van der Waals surface area contributed by atoms with Crippen LogP contribution < -0.4 is 16.0 Å². The molecule has 0 aromatic carbocycles. The average Bonchev–Trinajstić information content (AvgIpc) is 2.92. The van der Waals surface area contributed by atoms with E-state index in [0.29, 0.717) is 0 Å². The Balaban J connectivity index is 2.22. The van der Waals surface area contributed by atoms with Crippen LogP contribution in [0, 0.1) is 6.92 Å². The zero-order valence-electron chi connectivity index (χ0n) is 10.8. The molecule has 0 bridgehead atoms. The van der Waals surface area contributed by atoms with Crippen molar-refractivity contribution in [1.29, 1.82) is 0 Å². The highest BCUT2D eigenvalue weighted by molar-refractivity contribution is 7.10. The van der Waals surface area contributed by atoms with Gasteiger partial charge in [-0.05, 0) is 24.4 Å². The number of hydrazine groups is 1. The number of nitrogens with zero attached hydrogens (tertiary/aromatic N) is 2. The van der Waals surface area contributed by atoms with Crippen molar-refractivity contribution in [3.05, 3.63) is 33.8 Å². The molecule has 0 aliphatic heterocycles. The van der Waals surface area contributed by atoms with E-state index in [-0.39, 0.29) is 6.04 Å². The molecule has 0 aliphatic carbocycles. The van der Waals surface area contributed by atoms with Crippen LogP contribution in [0.25, 0.3) is 0 Å². The fourth-order valence-electron chi connectivity index (χ4n) is 2.02. The second kappa shape index (κ2) is 5.51. The molecule has 98 valence electrons. The Labute approximate surface area is 111 Å². The normalized spacial score (nSPS) is 12.7. The maximum absolute atomic E-state index is 5.66. The van der Waals surface area contributed by atoms with Crippen LogP contribution in [0.1, 0.15) is 22.3 Å². The van der Waals surface area contributed by atoms with Crippen molar-refractivity contribution in [2.45, 2.75) is 19.4 Å². The van der Waals surface area contributed by atoms with E-state index < -0.39 is 0 Å². The molecule has 2 heterocycles. The minimum atomic E-state index is 0.0368. The first-order chi connectivity index (χ1) is 8.65. The summed E-state index contributed by atoms with van der Waals surface area (Å²) in [6.07, 6.45) is 0.782. The van der Waals surface area contributed by atoms with Crippen molar-refractivity contribution >= 4 is 11.3 Å². The zero-order valence-corrected chi connectivity index (χ0v) is 11.6. The van der Waals surface area contributed by atoms with Crippen molar-refractivity contribution in [3.63, 3.8) is 0 Å². The van der Waals surface area contributed by atoms with Gasteiger partial charge in [0.05, 0.1) is 23.7 Å². The number of hydrogen-bond donors (Lipinski definition) is 2. The predicted octanol–water partition coefficient (Wildman–Crippen LogP) is 1.55. The number of thiophene rings is 1. The van der Waals surface area contributed by atoms with Crippen molar-refractivity contribution in [3.8, 4) is 5.75 Å². The molecule has 0 fully saturated rings. The first kappa shape index (κ1) is 13.1. The van der Waals surface area contributed by atoms with Crippen LogP contribution in [0.3, 0.4) is 0 Å². The Hall–Kier alpha value is -1.37. The lowest BCUT2D eigenvalue weighted by atomic mass is 10.1.